The van der Waals surface area contributed by atoms with Gasteiger partial charge in [-0.05, 0) is 30.3 Å². The fraction of sp³-hybridized carbons (Fsp3) is 0.0667. The maximum atomic E-state index is 11.9. The van der Waals surface area contributed by atoms with Gasteiger partial charge < -0.3 is 10.6 Å². The maximum Gasteiger partial charge on any atom is 0.243 e. The minimum atomic E-state index is -0.270. The average Bonchev–Trinajstić information content (AvgIpc) is 2.45. The zero-order chi connectivity index (χ0) is 15.2. The lowest BCUT2D eigenvalue weighted by Crippen LogP contribution is -2.22. The maximum absolute atomic E-state index is 11.9. The summed E-state index contributed by atoms with van der Waals surface area (Å²) in [7, 11) is 0. The Hall–Kier alpha value is -2.22. The number of nitrogens with zero attached hydrogens (tertiary/aromatic N) is 1. The van der Waals surface area contributed by atoms with Crippen LogP contribution in [-0.2, 0) is 4.79 Å². The molecule has 0 heterocycles. The van der Waals surface area contributed by atoms with Gasteiger partial charge >= 0.3 is 0 Å². The van der Waals surface area contributed by atoms with Crippen molar-refractivity contribution in [1.82, 2.24) is 0 Å². The summed E-state index contributed by atoms with van der Waals surface area (Å²) in [6.07, 6.45) is 0. The Bertz CT molecular complexity index is 690. The van der Waals surface area contributed by atoms with Crippen LogP contribution in [0.2, 0.25) is 10.0 Å². The van der Waals surface area contributed by atoms with Crippen molar-refractivity contribution in [2.75, 3.05) is 17.2 Å². The first-order chi connectivity index (χ1) is 10.1. The van der Waals surface area contributed by atoms with E-state index in [0.717, 1.165) is 0 Å². The van der Waals surface area contributed by atoms with Crippen molar-refractivity contribution < 1.29 is 4.79 Å². The molecule has 0 aromatic heterocycles. The van der Waals surface area contributed by atoms with Crippen molar-refractivity contribution in [3.05, 3.63) is 58.1 Å². The average molecular weight is 320 g/mol. The van der Waals surface area contributed by atoms with Crippen molar-refractivity contribution in [2.45, 2.75) is 0 Å². The van der Waals surface area contributed by atoms with Crippen molar-refractivity contribution in [3.8, 4) is 6.07 Å². The van der Waals surface area contributed by atoms with E-state index in [9.17, 15) is 4.79 Å². The minimum absolute atomic E-state index is 0.0381. The standard InChI is InChI=1S/C15H11Cl2N3O/c16-11-5-12(17)7-13(6-11)19-9-15(21)20-14-4-2-1-3-10(14)8-18/h1-7,19H,9H2,(H,20,21). The normalized spacial score (nSPS) is 9.76. The summed E-state index contributed by atoms with van der Waals surface area (Å²) in [4.78, 5) is 11.9. The molecule has 1 amide bonds. The second-order valence-electron chi connectivity index (χ2n) is 4.22. The van der Waals surface area contributed by atoms with Crippen LogP contribution in [-0.4, -0.2) is 12.5 Å². The number of carbonyl (C=O) groups is 1. The molecule has 106 valence electrons. The fourth-order valence-corrected chi connectivity index (χ4v) is 2.25. The Morgan fingerprint density at radius 3 is 2.48 bits per heavy atom. The summed E-state index contributed by atoms with van der Waals surface area (Å²) in [6, 6.07) is 13.8. The molecular formula is C15H11Cl2N3O. The summed E-state index contributed by atoms with van der Waals surface area (Å²) < 4.78 is 0. The molecule has 0 saturated carbocycles. The molecule has 0 radical (unpaired) electrons. The molecule has 0 fully saturated rings. The Labute approximate surface area is 132 Å². The molecule has 21 heavy (non-hydrogen) atoms. The summed E-state index contributed by atoms with van der Waals surface area (Å²) in [6.45, 7) is 0.0381. The summed E-state index contributed by atoms with van der Waals surface area (Å²) in [5.41, 5.74) is 1.55. The molecule has 4 nitrogen and oxygen atoms in total. The number of para-hydroxylation sites is 1. The predicted octanol–water partition coefficient (Wildman–Crippen LogP) is 3.92. The molecule has 2 aromatic rings. The van der Waals surface area contributed by atoms with Gasteiger partial charge in [0.1, 0.15) is 6.07 Å². The van der Waals surface area contributed by atoms with E-state index in [1.54, 1.807) is 42.5 Å². The number of carbonyl (C=O) groups excluding carboxylic acids is 1. The highest BCUT2D eigenvalue weighted by Crippen LogP contribution is 2.22. The van der Waals surface area contributed by atoms with Crippen LogP contribution in [0.4, 0.5) is 11.4 Å². The zero-order valence-corrected chi connectivity index (χ0v) is 12.4. The van der Waals surface area contributed by atoms with Gasteiger partial charge in [0.15, 0.2) is 0 Å². The van der Waals surface area contributed by atoms with Gasteiger partial charge in [0, 0.05) is 15.7 Å². The van der Waals surface area contributed by atoms with Gasteiger partial charge in [-0.25, -0.2) is 0 Å². The molecular weight excluding hydrogens is 309 g/mol. The van der Waals surface area contributed by atoms with Crippen LogP contribution >= 0.6 is 23.2 Å². The van der Waals surface area contributed by atoms with Crippen molar-refractivity contribution in [1.29, 1.82) is 5.26 Å². The zero-order valence-electron chi connectivity index (χ0n) is 10.9. The Kier molecular flexibility index (Phi) is 5.04. The molecule has 2 rings (SSSR count). The molecule has 0 aliphatic heterocycles. The molecule has 2 N–H and O–H groups in total. The lowest BCUT2D eigenvalue weighted by molar-refractivity contribution is -0.114. The lowest BCUT2D eigenvalue weighted by atomic mass is 10.2. The molecule has 6 heteroatoms. The van der Waals surface area contributed by atoms with E-state index in [1.807, 2.05) is 6.07 Å². The highest BCUT2D eigenvalue weighted by Gasteiger charge is 2.06. The van der Waals surface area contributed by atoms with Crippen LogP contribution in [0.25, 0.3) is 0 Å². The van der Waals surface area contributed by atoms with Crippen LogP contribution in [0, 0.1) is 11.3 Å². The lowest BCUT2D eigenvalue weighted by Gasteiger charge is -2.09. The molecule has 0 aliphatic rings. The minimum Gasteiger partial charge on any atom is -0.376 e. The molecule has 0 saturated heterocycles. The highest BCUT2D eigenvalue weighted by molar-refractivity contribution is 6.35. The Morgan fingerprint density at radius 1 is 1.14 bits per heavy atom. The van der Waals surface area contributed by atoms with Gasteiger partial charge in [0.2, 0.25) is 5.91 Å². The summed E-state index contributed by atoms with van der Waals surface area (Å²) in [5.74, 6) is -0.270. The third-order valence-electron chi connectivity index (χ3n) is 2.64. The van der Waals surface area contributed by atoms with E-state index >= 15 is 0 Å². The van der Waals surface area contributed by atoms with Crippen LogP contribution in [0.3, 0.4) is 0 Å². The van der Waals surface area contributed by atoms with E-state index < -0.39 is 0 Å². The van der Waals surface area contributed by atoms with Gasteiger partial charge in [-0.1, -0.05) is 35.3 Å². The molecule has 2 aromatic carbocycles. The number of amides is 1. The fourth-order valence-electron chi connectivity index (χ4n) is 1.72. The summed E-state index contributed by atoms with van der Waals surface area (Å²) >= 11 is 11.7. The van der Waals surface area contributed by atoms with E-state index in [4.69, 9.17) is 28.5 Å². The monoisotopic (exact) mass is 319 g/mol. The number of rotatable bonds is 4. The number of nitrogens with one attached hydrogen (secondary N) is 2. The second kappa shape index (κ2) is 6.98. The summed E-state index contributed by atoms with van der Waals surface area (Å²) in [5, 5.41) is 15.5. The van der Waals surface area contributed by atoms with Crippen LogP contribution in [0.15, 0.2) is 42.5 Å². The van der Waals surface area contributed by atoms with Crippen molar-refractivity contribution >= 4 is 40.5 Å². The Balaban J connectivity index is 1.98. The number of hydrogen-bond acceptors (Lipinski definition) is 3. The van der Waals surface area contributed by atoms with Crippen LogP contribution in [0.5, 0.6) is 0 Å². The smallest absolute Gasteiger partial charge is 0.243 e. The SMILES string of the molecule is N#Cc1ccccc1NC(=O)CNc1cc(Cl)cc(Cl)c1. The van der Waals surface area contributed by atoms with Crippen molar-refractivity contribution in [2.24, 2.45) is 0 Å². The molecule has 0 aliphatic carbocycles. The van der Waals surface area contributed by atoms with Gasteiger partial charge in [-0.2, -0.15) is 5.26 Å². The Morgan fingerprint density at radius 2 is 1.81 bits per heavy atom. The number of halogens is 2. The van der Waals surface area contributed by atoms with E-state index in [2.05, 4.69) is 10.6 Å². The van der Waals surface area contributed by atoms with Crippen LogP contribution in [0.1, 0.15) is 5.56 Å². The van der Waals surface area contributed by atoms with E-state index in [1.165, 1.54) is 0 Å². The number of anilines is 2. The third-order valence-corrected chi connectivity index (χ3v) is 3.07. The first-order valence-corrected chi connectivity index (χ1v) is 6.83. The van der Waals surface area contributed by atoms with E-state index in [-0.39, 0.29) is 12.5 Å². The van der Waals surface area contributed by atoms with Crippen LogP contribution < -0.4 is 10.6 Å². The molecule has 0 unspecified atom stereocenters. The third kappa shape index (κ3) is 4.38. The number of hydrogen-bond donors (Lipinski definition) is 2. The topological polar surface area (TPSA) is 64.9 Å². The highest BCUT2D eigenvalue weighted by atomic mass is 35.5. The number of benzene rings is 2. The number of nitriles is 1. The van der Waals surface area contributed by atoms with Gasteiger partial charge in [-0.3, -0.25) is 4.79 Å². The molecule has 0 atom stereocenters. The van der Waals surface area contributed by atoms with E-state index in [0.29, 0.717) is 27.0 Å². The first-order valence-electron chi connectivity index (χ1n) is 6.07. The van der Waals surface area contributed by atoms with Gasteiger partial charge in [0.25, 0.3) is 0 Å². The van der Waals surface area contributed by atoms with Gasteiger partial charge in [0.05, 0.1) is 17.8 Å². The van der Waals surface area contributed by atoms with Crippen molar-refractivity contribution in [3.63, 3.8) is 0 Å². The first kappa shape index (κ1) is 15.2. The molecule has 0 bridgehead atoms. The predicted molar refractivity (Wildman–Crippen MR) is 84.7 cm³/mol. The largest absolute Gasteiger partial charge is 0.376 e. The molecule has 0 spiro atoms. The van der Waals surface area contributed by atoms with Gasteiger partial charge in [-0.15, -0.1) is 0 Å². The second-order valence-corrected chi connectivity index (χ2v) is 5.09. The quantitative estimate of drug-likeness (QED) is 0.897.